The summed E-state index contributed by atoms with van der Waals surface area (Å²) in [5, 5.41) is 20.6. The van der Waals surface area contributed by atoms with Crippen molar-refractivity contribution in [3.63, 3.8) is 0 Å². The molecule has 0 radical (unpaired) electrons. The number of nitrogens with zero attached hydrogens (tertiary/aromatic N) is 5. The summed E-state index contributed by atoms with van der Waals surface area (Å²) in [5.41, 5.74) is 9.70. The van der Waals surface area contributed by atoms with Gasteiger partial charge in [0, 0.05) is 39.5 Å². The average molecular weight is 425 g/mol. The summed E-state index contributed by atoms with van der Waals surface area (Å²) in [4.78, 5) is 14.3. The largest absolute Gasteiger partial charge is 0.351 e. The Balaban J connectivity index is 1.51. The summed E-state index contributed by atoms with van der Waals surface area (Å²) in [6.45, 7) is 6.05. The molecule has 1 unspecified atom stereocenters. The predicted octanol–water partition coefficient (Wildman–Crippen LogP) is 4.19. The van der Waals surface area contributed by atoms with Crippen LogP contribution in [0.2, 0.25) is 0 Å². The predicted molar refractivity (Wildman–Crippen MR) is 125 cm³/mol. The molecule has 32 heavy (non-hydrogen) atoms. The number of pyridine rings is 1. The van der Waals surface area contributed by atoms with Crippen LogP contribution in [0.15, 0.2) is 30.6 Å². The maximum Gasteiger partial charge on any atom is 0.223 e. The molecule has 0 bridgehead atoms. The van der Waals surface area contributed by atoms with Crippen LogP contribution in [0.25, 0.3) is 33.1 Å². The van der Waals surface area contributed by atoms with E-state index in [1.165, 1.54) is 16.5 Å². The molecule has 8 heteroatoms. The Labute approximate surface area is 184 Å². The summed E-state index contributed by atoms with van der Waals surface area (Å²) in [6.07, 6.45) is 6.59. The van der Waals surface area contributed by atoms with Crippen molar-refractivity contribution >= 4 is 27.8 Å². The molecule has 1 atom stereocenters. The number of hydrogen-bond donors (Lipinski definition) is 3. The first-order valence-electron chi connectivity index (χ1n) is 10.9. The van der Waals surface area contributed by atoms with Gasteiger partial charge < -0.3 is 5.32 Å². The van der Waals surface area contributed by atoms with Crippen LogP contribution in [0.4, 0.5) is 5.95 Å². The first kappa shape index (κ1) is 18.9. The van der Waals surface area contributed by atoms with Gasteiger partial charge in [-0.1, -0.05) is 0 Å². The first-order chi connectivity index (χ1) is 15.6. The van der Waals surface area contributed by atoms with Crippen LogP contribution in [-0.2, 0) is 12.8 Å². The van der Waals surface area contributed by atoms with E-state index in [9.17, 15) is 0 Å². The number of aryl methyl sites for hydroxylation is 4. The van der Waals surface area contributed by atoms with E-state index < -0.39 is 0 Å². The van der Waals surface area contributed by atoms with Crippen LogP contribution in [0.1, 0.15) is 34.6 Å². The van der Waals surface area contributed by atoms with Crippen LogP contribution < -0.4 is 5.32 Å². The van der Waals surface area contributed by atoms with E-state index in [1.807, 2.05) is 39.2 Å². The van der Waals surface area contributed by atoms with Gasteiger partial charge in [0.1, 0.15) is 0 Å². The minimum Gasteiger partial charge on any atom is -0.351 e. The third-order valence-electron chi connectivity index (χ3n) is 6.38. The molecule has 8 nitrogen and oxygen atoms in total. The maximum atomic E-state index is 5.13. The smallest absolute Gasteiger partial charge is 0.223 e. The third-order valence-corrected chi connectivity index (χ3v) is 6.38. The summed E-state index contributed by atoms with van der Waals surface area (Å²) >= 11 is 0. The van der Waals surface area contributed by atoms with Crippen molar-refractivity contribution in [3.05, 3.63) is 58.8 Å². The maximum absolute atomic E-state index is 5.13. The number of anilines is 1. The van der Waals surface area contributed by atoms with Crippen molar-refractivity contribution in [3.8, 4) is 11.3 Å². The summed E-state index contributed by atoms with van der Waals surface area (Å²) in [5.74, 6) is 0.697. The molecule has 160 valence electrons. The fourth-order valence-electron chi connectivity index (χ4n) is 4.97. The van der Waals surface area contributed by atoms with Gasteiger partial charge in [-0.15, -0.1) is 0 Å². The molecule has 0 saturated carbocycles. The van der Waals surface area contributed by atoms with Gasteiger partial charge in [-0.3, -0.25) is 10.2 Å². The van der Waals surface area contributed by atoms with Gasteiger partial charge >= 0.3 is 0 Å². The van der Waals surface area contributed by atoms with E-state index in [0.29, 0.717) is 5.95 Å². The highest BCUT2D eigenvalue weighted by Crippen LogP contribution is 2.38. The fraction of sp³-hybridized carbons (Fsp3) is 0.292. The molecule has 0 amide bonds. The quantitative estimate of drug-likeness (QED) is 0.401. The van der Waals surface area contributed by atoms with E-state index >= 15 is 0 Å². The highest BCUT2D eigenvalue weighted by molar-refractivity contribution is 6.07. The average Bonchev–Trinajstić information content (AvgIpc) is 3.41. The van der Waals surface area contributed by atoms with Gasteiger partial charge in [0.2, 0.25) is 5.95 Å². The number of nitrogens with one attached hydrogen (secondary N) is 3. The van der Waals surface area contributed by atoms with Crippen LogP contribution in [0, 0.1) is 20.8 Å². The molecule has 0 spiro atoms. The monoisotopic (exact) mass is 424 g/mol. The molecule has 3 N–H and O–H groups in total. The third kappa shape index (κ3) is 3.02. The summed E-state index contributed by atoms with van der Waals surface area (Å²) in [7, 11) is 0. The van der Waals surface area contributed by atoms with E-state index in [2.05, 4.69) is 47.8 Å². The number of H-pyrrole nitrogens is 2. The Morgan fingerprint density at radius 3 is 2.53 bits per heavy atom. The Morgan fingerprint density at radius 1 is 0.938 bits per heavy atom. The molecule has 0 saturated heterocycles. The molecule has 4 heterocycles. The minimum absolute atomic E-state index is 0.234. The van der Waals surface area contributed by atoms with E-state index in [0.717, 1.165) is 64.0 Å². The Kier molecular flexibility index (Phi) is 4.21. The highest BCUT2D eigenvalue weighted by atomic mass is 15.1. The van der Waals surface area contributed by atoms with Crippen molar-refractivity contribution in [1.29, 1.82) is 0 Å². The second kappa shape index (κ2) is 7.12. The van der Waals surface area contributed by atoms with Crippen molar-refractivity contribution < 1.29 is 0 Å². The van der Waals surface area contributed by atoms with Gasteiger partial charge in [-0.25, -0.2) is 15.0 Å². The summed E-state index contributed by atoms with van der Waals surface area (Å²) in [6, 6.07) is 6.37. The van der Waals surface area contributed by atoms with Crippen molar-refractivity contribution in [1.82, 2.24) is 35.3 Å². The molecule has 4 aromatic heterocycles. The van der Waals surface area contributed by atoms with Crippen molar-refractivity contribution in [2.75, 3.05) is 5.32 Å². The molecule has 1 aliphatic carbocycles. The van der Waals surface area contributed by atoms with E-state index in [-0.39, 0.29) is 6.04 Å². The Bertz CT molecular complexity index is 1460. The Hall–Kier alpha value is -3.81. The summed E-state index contributed by atoms with van der Waals surface area (Å²) < 4.78 is 0. The van der Waals surface area contributed by atoms with Crippen molar-refractivity contribution in [2.24, 2.45) is 0 Å². The first-order valence-corrected chi connectivity index (χ1v) is 10.9. The number of rotatable bonds is 3. The molecule has 6 rings (SSSR count). The standard InChI is InChI=1S/C24H24N8/c1-12-8-13(2)28-24(27-12)29-15-4-5-16-17(9-15)23(18-10-25-31-14(18)3)30-21-7-6-20-19(22(16)21)11-26-32-20/h6-8,10-11,15H,4-5,9H2,1-3H3,(H,25,31)(H,26,32)(H,27,28,29). The van der Waals surface area contributed by atoms with Crippen molar-refractivity contribution in [2.45, 2.75) is 46.1 Å². The number of fused-ring (bicyclic) bond motifs is 5. The molecule has 1 aromatic carbocycles. The minimum atomic E-state index is 0.234. The number of benzene rings is 1. The molecule has 5 aromatic rings. The molecule has 1 aliphatic rings. The lowest BCUT2D eigenvalue weighted by molar-refractivity contribution is 0.608. The van der Waals surface area contributed by atoms with E-state index in [1.54, 1.807) is 0 Å². The van der Waals surface area contributed by atoms with Gasteiger partial charge in [-0.2, -0.15) is 10.2 Å². The molecular weight excluding hydrogens is 400 g/mol. The lowest BCUT2D eigenvalue weighted by atomic mass is 9.83. The lowest BCUT2D eigenvalue weighted by Gasteiger charge is -2.28. The van der Waals surface area contributed by atoms with Gasteiger partial charge in [0.25, 0.3) is 0 Å². The van der Waals surface area contributed by atoms with E-state index in [4.69, 9.17) is 4.98 Å². The zero-order valence-corrected chi connectivity index (χ0v) is 18.3. The highest BCUT2D eigenvalue weighted by Gasteiger charge is 2.27. The topological polar surface area (TPSA) is 108 Å². The Morgan fingerprint density at radius 2 is 1.75 bits per heavy atom. The zero-order chi connectivity index (χ0) is 21.8. The second-order valence-electron chi connectivity index (χ2n) is 8.68. The lowest BCUT2D eigenvalue weighted by Crippen LogP contribution is -2.29. The molecule has 0 aliphatic heterocycles. The van der Waals surface area contributed by atoms with Gasteiger partial charge in [-0.05, 0) is 69.4 Å². The molecular formula is C24H24N8. The van der Waals surface area contributed by atoms with Crippen LogP contribution in [0.5, 0.6) is 0 Å². The number of hydrogen-bond acceptors (Lipinski definition) is 6. The SMILES string of the molecule is Cc1cc(C)nc(NC2CCc3c(c(-c4cn[nH]c4C)nc4ccc5[nH]ncc5c34)C2)n1. The fourth-order valence-corrected chi connectivity index (χ4v) is 4.97. The molecule has 0 fully saturated rings. The van der Waals surface area contributed by atoms with Crippen LogP contribution in [0.3, 0.4) is 0 Å². The number of aromatic amines is 2. The zero-order valence-electron chi connectivity index (χ0n) is 18.3. The van der Waals surface area contributed by atoms with Crippen LogP contribution in [-0.4, -0.2) is 41.4 Å². The van der Waals surface area contributed by atoms with Crippen LogP contribution >= 0.6 is 0 Å². The number of aromatic nitrogens is 7. The normalized spacial score (nSPS) is 15.9. The second-order valence-corrected chi connectivity index (χ2v) is 8.68. The van der Waals surface area contributed by atoms with Gasteiger partial charge in [0.15, 0.2) is 0 Å². The van der Waals surface area contributed by atoms with Gasteiger partial charge in [0.05, 0.1) is 29.1 Å².